The van der Waals surface area contributed by atoms with E-state index >= 15 is 0 Å². The molecule has 0 fully saturated rings. The molecule has 1 aliphatic rings. The van der Waals surface area contributed by atoms with Crippen molar-refractivity contribution in [3.63, 3.8) is 0 Å². The van der Waals surface area contributed by atoms with Gasteiger partial charge < -0.3 is 9.47 Å². The number of carbonyl (C=O) groups excluding carboxylic acids is 3. The van der Waals surface area contributed by atoms with E-state index in [1.165, 1.54) is 26.7 Å². The molecule has 34 heavy (non-hydrogen) atoms. The number of benzene rings is 1. The normalized spacial score (nSPS) is 18.1. The van der Waals surface area contributed by atoms with Gasteiger partial charge in [-0.1, -0.05) is 64.7 Å². The number of aldehydes is 1. The monoisotopic (exact) mass is 468 g/mol. The average molecular weight is 469 g/mol. The van der Waals surface area contributed by atoms with Crippen LogP contribution in [0.3, 0.4) is 0 Å². The van der Waals surface area contributed by atoms with Crippen LogP contribution in [0.4, 0.5) is 0 Å². The first kappa shape index (κ1) is 27.6. The second kappa shape index (κ2) is 12.1. The highest BCUT2D eigenvalue weighted by atomic mass is 16.5. The molecule has 0 aliphatic heterocycles. The SMILES string of the molecule is C=C(C)[C@@H]1CCC(C=O)=CC1c1c(OC(C)=O)cc(C(C)(C)CCCCCC)cc1OC(C)=O. The van der Waals surface area contributed by atoms with Crippen LogP contribution in [0.1, 0.15) is 104 Å². The summed E-state index contributed by atoms with van der Waals surface area (Å²) in [6.45, 7) is 15.3. The van der Waals surface area contributed by atoms with E-state index in [1.54, 1.807) is 0 Å². The zero-order chi connectivity index (χ0) is 25.5. The minimum absolute atomic E-state index is 0.0280. The smallest absolute Gasteiger partial charge is 0.308 e. The Balaban J connectivity index is 2.70. The predicted molar refractivity (Wildman–Crippen MR) is 135 cm³/mol. The standard InChI is InChI=1S/C29H40O5/c1-8-9-10-11-14-29(6,7)23-16-26(33-20(4)31)28(27(17-23)34-21(5)32)25-15-22(18-30)12-13-24(25)19(2)3/h15-18,24-25H,2,8-14H2,1,3-7H3/t24-,25?/m0/s1. The van der Waals surface area contributed by atoms with Gasteiger partial charge in [0, 0.05) is 25.3 Å². The summed E-state index contributed by atoms with van der Waals surface area (Å²) in [6.07, 6.45) is 9.74. The highest BCUT2D eigenvalue weighted by molar-refractivity contribution is 5.76. The summed E-state index contributed by atoms with van der Waals surface area (Å²) in [5.41, 5.74) is 3.00. The van der Waals surface area contributed by atoms with E-state index in [4.69, 9.17) is 9.47 Å². The maximum Gasteiger partial charge on any atom is 0.308 e. The van der Waals surface area contributed by atoms with E-state index in [2.05, 4.69) is 27.4 Å². The van der Waals surface area contributed by atoms with Crippen molar-refractivity contribution in [2.75, 3.05) is 0 Å². The zero-order valence-electron chi connectivity index (χ0n) is 21.7. The van der Waals surface area contributed by atoms with Gasteiger partial charge in [-0.05, 0) is 60.8 Å². The zero-order valence-corrected chi connectivity index (χ0v) is 21.7. The maximum atomic E-state index is 12.1. The van der Waals surface area contributed by atoms with E-state index in [0.717, 1.165) is 43.1 Å². The first-order valence-corrected chi connectivity index (χ1v) is 12.4. The first-order chi connectivity index (χ1) is 16.0. The van der Waals surface area contributed by atoms with Gasteiger partial charge in [-0.3, -0.25) is 14.4 Å². The Morgan fingerprint density at radius 3 is 2.12 bits per heavy atom. The Labute approximate surface area is 204 Å². The fraction of sp³-hybridized carbons (Fsp3) is 0.552. The molecule has 0 bridgehead atoms. The van der Waals surface area contributed by atoms with Crippen molar-refractivity contribution in [2.24, 2.45) is 5.92 Å². The number of hydrogen-bond acceptors (Lipinski definition) is 5. The lowest BCUT2D eigenvalue weighted by Crippen LogP contribution is -2.22. The van der Waals surface area contributed by atoms with Gasteiger partial charge in [0.25, 0.3) is 0 Å². The minimum atomic E-state index is -0.449. The van der Waals surface area contributed by atoms with Crippen LogP contribution < -0.4 is 9.47 Å². The summed E-state index contributed by atoms with van der Waals surface area (Å²) in [6, 6.07) is 3.81. The topological polar surface area (TPSA) is 69.7 Å². The molecule has 0 radical (unpaired) electrons. The number of rotatable bonds is 11. The molecule has 0 saturated heterocycles. The molecule has 0 spiro atoms. The summed E-state index contributed by atoms with van der Waals surface area (Å²) in [5, 5.41) is 0. The van der Waals surface area contributed by atoms with Gasteiger partial charge in [-0.25, -0.2) is 0 Å². The molecule has 5 nitrogen and oxygen atoms in total. The molecule has 186 valence electrons. The van der Waals surface area contributed by atoms with Gasteiger partial charge in [0.1, 0.15) is 17.8 Å². The van der Waals surface area contributed by atoms with Crippen molar-refractivity contribution in [3.8, 4) is 11.5 Å². The van der Waals surface area contributed by atoms with Crippen LogP contribution in [0.5, 0.6) is 11.5 Å². The van der Waals surface area contributed by atoms with Crippen LogP contribution in [-0.2, 0) is 19.8 Å². The van der Waals surface area contributed by atoms with Crippen molar-refractivity contribution in [1.29, 1.82) is 0 Å². The van der Waals surface area contributed by atoms with Crippen molar-refractivity contribution in [2.45, 2.75) is 97.8 Å². The van der Waals surface area contributed by atoms with Crippen LogP contribution >= 0.6 is 0 Å². The number of hydrogen-bond donors (Lipinski definition) is 0. The third-order valence-corrected chi connectivity index (χ3v) is 6.74. The third kappa shape index (κ3) is 7.15. The fourth-order valence-electron chi connectivity index (χ4n) is 4.80. The highest BCUT2D eigenvalue weighted by Crippen LogP contribution is 2.48. The molecule has 2 atom stereocenters. The molecule has 1 unspecified atom stereocenters. The number of ether oxygens (including phenoxy) is 2. The number of allylic oxidation sites excluding steroid dienone is 3. The van der Waals surface area contributed by atoms with Gasteiger partial charge in [-0.2, -0.15) is 0 Å². The van der Waals surface area contributed by atoms with E-state index in [0.29, 0.717) is 29.1 Å². The van der Waals surface area contributed by atoms with E-state index in [-0.39, 0.29) is 17.3 Å². The largest absolute Gasteiger partial charge is 0.426 e. The second-order valence-corrected chi connectivity index (χ2v) is 10.1. The summed E-state index contributed by atoms with van der Waals surface area (Å²) in [5.74, 6) is -0.410. The molecule has 1 aromatic carbocycles. The second-order valence-electron chi connectivity index (χ2n) is 10.1. The van der Waals surface area contributed by atoms with Crippen LogP contribution in [0.2, 0.25) is 0 Å². The molecule has 1 aromatic rings. The lowest BCUT2D eigenvalue weighted by molar-refractivity contribution is -0.132. The molecule has 2 rings (SSSR count). The number of unbranched alkanes of at least 4 members (excludes halogenated alkanes) is 3. The minimum Gasteiger partial charge on any atom is -0.426 e. The summed E-state index contributed by atoms with van der Waals surface area (Å²) in [7, 11) is 0. The van der Waals surface area contributed by atoms with Gasteiger partial charge in [0.2, 0.25) is 0 Å². The van der Waals surface area contributed by atoms with Gasteiger partial charge in [-0.15, -0.1) is 0 Å². The average Bonchev–Trinajstić information content (AvgIpc) is 2.75. The molecule has 0 saturated carbocycles. The van der Waals surface area contributed by atoms with Crippen LogP contribution in [0.25, 0.3) is 0 Å². The van der Waals surface area contributed by atoms with E-state index < -0.39 is 11.9 Å². The molecule has 0 aromatic heterocycles. The van der Waals surface area contributed by atoms with Crippen molar-refractivity contribution < 1.29 is 23.9 Å². The van der Waals surface area contributed by atoms with Crippen molar-refractivity contribution in [1.82, 2.24) is 0 Å². The lowest BCUT2D eigenvalue weighted by atomic mass is 9.72. The number of esters is 2. The lowest BCUT2D eigenvalue weighted by Gasteiger charge is -2.33. The van der Waals surface area contributed by atoms with Crippen molar-refractivity contribution in [3.05, 3.63) is 47.1 Å². The third-order valence-electron chi connectivity index (χ3n) is 6.74. The summed E-state index contributed by atoms with van der Waals surface area (Å²) in [4.78, 5) is 35.8. The predicted octanol–water partition coefficient (Wildman–Crippen LogP) is 6.98. The van der Waals surface area contributed by atoms with Crippen LogP contribution in [-0.4, -0.2) is 18.2 Å². The van der Waals surface area contributed by atoms with Gasteiger partial charge in [0.05, 0.1) is 0 Å². The van der Waals surface area contributed by atoms with Gasteiger partial charge >= 0.3 is 11.9 Å². The van der Waals surface area contributed by atoms with Gasteiger partial charge in [0.15, 0.2) is 0 Å². The molecule has 5 heteroatoms. The Bertz CT molecular complexity index is 916. The molecular formula is C29H40O5. The molecule has 0 N–H and O–H groups in total. The van der Waals surface area contributed by atoms with E-state index in [1.807, 2.05) is 25.1 Å². The first-order valence-electron chi connectivity index (χ1n) is 12.4. The fourth-order valence-corrected chi connectivity index (χ4v) is 4.80. The van der Waals surface area contributed by atoms with Crippen molar-refractivity contribution >= 4 is 18.2 Å². The summed E-state index contributed by atoms with van der Waals surface area (Å²) < 4.78 is 11.4. The quantitative estimate of drug-likeness (QED) is 0.115. The Morgan fingerprint density at radius 2 is 1.65 bits per heavy atom. The summed E-state index contributed by atoms with van der Waals surface area (Å²) >= 11 is 0. The highest BCUT2D eigenvalue weighted by Gasteiger charge is 2.34. The maximum absolute atomic E-state index is 12.1. The molecule has 0 heterocycles. The van der Waals surface area contributed by atoms with E-state index in [9.17, 15) is 14.4 Å². The molecular weight excluding hydrogens is 428 g/mol. The molecule has 1 aliphatic carbocycles. The van der Waals surface area contributed by atoms with Crippen LogP contribution in [0.15, 0.2) is 35.9 Å². The Kier molecular flexibility index (Phi) is 9.84. The number of carbonyl (C=O) groups is 3. The molecule has 0 amide bonds. The Morgan fingerprint density at radius 1 is 1.06 bits per heavy atom. The Hall–Kier alpha value is -2.69. The van der Waals surface area contributed by atoms with Crippen LogP contribution in [0, 0.1) is 5.92 Å².